The second-order valence-corrected chi connectivity index (χ2v) is 3.96. The van der Waals surface area contributed by atoms with E-state index in [0.717, 1.165) is 12.1 Å². The minimum absolute atomic E-state index is 0.206. The molecule has 2 aromatic heterocycles. The lowest BCUT2D eigenvalue weighted by molar-refractivity contribution is 0.0694. The summed E-state index contributed by atoms with van der Waals surface area (Å²) < 4.78 is 3.46. The maximum absolute atomic E-state index is 11.3. The van der Waals surface area contributed by atoms with Gasteiger partial charge in [0.15, 0.2) is 5.43 Å². The lowest BCUT2D eigenvalue weighted by Gasteiger charge is -2.07. The number of pyridine rings is 1. The Morgan fingerprint density at radius 1 is 1.44 bits per heavy atom. The molecule has 2 aromatic rings. The van der Waals surface area contributed by atoms with E-state index in [-0.39, 0.29) is 5.56 Å². The minimum atomic E-state index is -1.20. The molecule has 2 heterocycles. The molecular formula is C12H13N3O3. The van der Waals surface area contributed by atoms with E-state index in [1.165, 1.54) is 12.3 Å². The molecule has 0 saturated heterocycles. The van der Waals surface area contributed by atoms with Crippen molar-refractivity contribution in [2.24, 2.45) is 7.05 Å². The first kappa shape index (κ1) is 12.1. The van der Waals surface area contributed by atoms with Crippen molar-refractivity contribution < 1.29 is 9.90 Å². The Balaban J connectivity index is 2.15. The molecule has 0 spiro atoms. The van der Waals surface area contributed by atoms with Crippen molar-refractivity contribution in [3.8, 4) is 0 Å². The van der Waals surface area contributed by atoms with E-state index in [1.807, 2.05) is 13.1 Å². The smallest absolute Gasteiger partial charge is 0.341 e. The van der Waals surface area contributed by atoms with Gasteiger partial charge in [0.1, 0.15) is 5.56 Å². The van der Waals surface area contributed by atoms with Crippen LogP contribution in [0, 0.1) is 0 Å². The van der Waals surface area contributed by atoms with Crippen LogP contribution in [0.4, 0.5) is 0 Å². The second-order valence-electron chi connectivity index (χ2n) is 3.96. The van der Waals surface area contributed by atoms with Gasteiger partial charge in [0.25, 0.3) is 0 Å². The zero-order valence-corrected chi connectivity index (χ0v) is 9.91. The van der Waals surface area contributed by atoms with Gasteiger partial charge in [-0.15, -0.1) is 0 Å². The van der Waals surface area contributed by atoms with Crippen molar-refractivity contribution in [2.45, 2.75) is 13.0 Å². The highest BCUT2D eigenvalue weighted by atomic mass is 16.4. The van der Waals surface area contributed by atoms with Gasteiger partial charge in [-0.25, -0.2) is 4.79 Å². The van der Waals surface area contributed by atoms with Crippen molar-refractivity contribution in [2.75, 3.05) is 0 Å². The average molecular weight is 247 g/mol. The molecule has 0 amide bonds. The van der Waals surface area contributed by atoms with Crippen LogP contribution in [-0.4, -0.2) is 25.4 Å². The maximum Gasteiger partial charge on any atom is 0.341 e. The molecule has 0 unspecified atom stereocenters. The van der Waals surface area contributed by atoms with Gasteiger partial charge in [-0.3, -0.25) is 9.48 Å². The Kier molecular flexibility index (Phi) is 3.27. The van der Waals surface area contributed by atoms with Gasteiger partial charge < -0.3 is 9.67 Å². The van der Waals surface area contributed by atoms with Gasteiger partial charge in [0.05, 0.1) is 0 Å². The first-order valence-electron chi connectivity index (χ1n) is 5.48. The third-order valence-corrected chi connectivity index (χ3v) is 2.76. The monoisotopic (exact) mass is 247 g/mol. The van der Waals surface area contributed by atoms with E-state index in [1.54, 1.807) is 21.6 Å². The predicted octanol–water partition coefficient (Wildman–Crippen LogP) is 0.523. The molecule has 0 aliphatic rings. The Labute approximate surface area is 103 Å². The number of hydrogen-bond acceptors (Lipinski definition) is 3. The van der Waals surface area contributed by atoms with Crippen LogP contribution in [0.3, 0.4) is 0 Å². The number of aryl methyl sites for hydroxylation is 3. The summed E-state index contributed by atoms with van der Waals surface area (Å²) in [6, 6.07) is 3.17. The third kappa shape index (κ3) is 2.48. The lowest BCUT2D eigenvalue weighted by Crippen LogP contribution is -2.17. The summed E-state index contributed by atoms with van der Waals surface area (Å²) in [6.07, 6.45) is 5.38. The molecule has 94 valence electrons. The molecule has 0 aliphatic carbocycles. The summed E-state index contributed by atoms with van der Waals surface area (Å²) in [7, 11) is 1.85. The van der Waals surface area contributed by atoms with Crippen molar-refractivity contribution in [3.63, 3.8) is 0 Å². The molecule has 0 aliphatic heterocycles. The fourth-order valence-electron chi connectivity index (χ4n) is 1.72. The first-order chi connectivity index (χ1) is 8.58. The summed E-state index contributed by atoms with van der Waals surface area (Å²) in [4.78, 5) is 22.1. The van der Waals surface area contributed by atoms with Gasteiger partial charge in [0.2, 0.25) is 0 Å². The van der Waals surface area contributed by atoms with E-state index >= 15 is 0 Å². The second kappa shape index (κ2) is 4.87. The van der Waals surface area contributed by atoms with Crippen molar-refractivity contribution in [1.29, 1.82) is 0 Å². The number of rotatable bonds is 4. The van der Waals surface area contributed by atoms with E-state index in [2.05, 4.69) is 5.10 Å². The molecule has 6 heteroatoms. The Hall–Kier alpha value is -2.37. The zero-order chi connectivity index (χ0) is 13.1. The van der Waals surface area contributed by atoms with Crippen LogP contribution in [0.25, 0.3) is 0 Å². The van der Waals surface area contributed by atoms with Crippen molar-refractivity contribution >= 4 is 5.97 Å². The number of aromatic nitrogens is 3. The Morgan fingerprint density at radius 2 is 2.22 bits per heavy atom. The third-order valence-electron chi connectivity index (χ3n) is 2.76. The zero-order valence-electron chi connectivity index (χ0n) is 9.91. The molecule has 0 aromatic carbocycles. The fraction of sp³-hybridized carbons (Fsp3) is 0.250. The number of aromatic carboxylic acids is 1. The normalized spacial score (nSPS) is 10.5. The molecule has 0 saturated carbocycles. The van der Waals surface area contributed by atoms with Crippen LogP contribution in [-0.2, 0) is 20.0 Å². The van der Waals surface area contributed by atoms with E-state index in [9.17, 15) is 9.59 Å². The molecule has 2 rings (SSSR count). The molecule has 0 radical (unpaired) electrons. The number of carboxylic acids is 1. The molecule has 1 N–H and O–H groups in total. The molecule has 18 heavy (non-hydrogen) atoms. The molecule has 0 atom stereocenters. The predicted molar refractivity (Wildman–Crippen MR) is 64.6 cm³/mol. The molecule has 0 fully saturated rings. The van der Waals surface area contributed by atoms with Gasteiger partial charge in [0, 0.05) is 50.4 Å². The lowest BCUT2D eigenvalue weighted by atomic mass is 10.2. The first-order valence-corrected chi connectivity index (χ1v) is 5.48. The maximum atomic E-state index is 11.3. The summed E-state index contributed by atoms with van der Waals surface area (Å²) in [5, 5.41) is 12.9. The highest BCUT2D eigenvalue weighted by Gasteiger charge is 2.08. The Morgan fingerprint density at radius 3 is 2.83 bits per heavy atom. The standard InChI is InChI=1S/C12H13N3O3/c1-14-9(2-5-13-14)3-6-15-7-4-11(16)10(8-15)12(17)18/h2,4-5,7-8H,3,6H2,1H3,(H,17,18). The molecule has 0 bridgehead atoms. The SMILES string of the molecule is Cn1nccc1CCn1ccc(=O)c(C(=O)O)c1. The van der Waals surface area contributed by atoms with Gasteiger partial charge in [-0.2, -0.15) is 5.10 Å². The van der Waals surface area contributed by atoms with Crippen LogP contribution in [0.15, 0.2) is 35.5 Å². The van der Waals surface area contributed by atoms with Crippen molar-refractivity contribution in [1.82, 2.24) is 14.3 Å². The van der Waals surface area contributed by atoms with Crippen LogP contribution < -0.4 is 5.43 Å². The summed E-state index contributed by atoms with van der Waals surface area (Å²) in [5.74, 6) is -1.20. The summed E-state index contributed by atoms with van der Waals surface area (Å²) in [5.41, 5.74) is 0.368. The fourth-order valence-corrected chi connectivity index (χ4v) is 1.72. The van der Waals surface area contributed by atoms with Crippen LogP contribution >= 0.6 is 0 Å². The minimum Gasteiger partial charge on any atom is -0.477 e. The summed E-state index contributed by atoms with van der Waals surface area (Å²) in [6.45, 7) is 0.597. The van der Waals surface area contributed by atoms with Gasteiger partial charge in [-0.1, -0.05) is 0 Å². The highest BCUT2D eigenvalue weighted by Crippen LogP contribution is 2.01. The number of carbonyl (C=O) groups is 1. The van der Waals surface area contributed by atoms with Crippen LogP contribution in [0.5, 0.6) is 0 Å². The molecule has 6 nitrogen and oxygen atoms in total. The van der Waals surface area contributed by atoms with Gasteiger partial charge in [-0.05, 0) is 6.07 Å². The molecular weight excluding hydrogens is 234 g/mol. The van der Waals surface area contributed by atoms with E-state index in [4.69, 9.17) is 5.11 Å². The van der Waals surface area contributed by atoms with Crippen molar-refractivity contribution in [3.05, 3.63) is 52.2 Å². The van der Waals surface area contributed by atoms with Crippen LogP contribution in [0.2, 0.25) is 0 Å². The van der Waals surface area contributed by atoms with E-state index in [0.29, 0.717) is 6.54 Å². The quantitative estimate of drug-likeness (QED) is 0.854. The topological polar surface area (TPSA) is 77.1 Å². The number of nitrogens with zero attached hydrogens (tertiary/aromatic N) is 3. The highest BCUT2D eigenvalue weighted by molar-refractivity contribution is 5.86. The number of hydrogen-bond donors (Lipinski definition) is 1. The summed E-state index contributed by atoms with van der Waals surface area (Å²) >= 11 is 0. The number of carboxylic acid groups (broad SMARTS) is 1. The largest absolute Gasteiger partial charge is 0.477 e. The average Bonchev–Trinajstić information content (AvgIpc) is 2.73. The Bertz CT molecular complexity index is 627. The van der Waals surface area contributed by atoms with Crippen LogP contribution in [0.1, 0.15) is 16.1 Å². The van der Waals surface area contributed by atoms with Gasteiger partial charge >= 0.3 is 5.97 Å². The van der Waals surface area contributed by atoms with E-state index < -0.39 is 11.4 Å².